The largest absolute Gasteiger partial charge is 0.304 e. The summed E-state index contributed by atoms with van der Waals surface area (Å²) in [6.45, 7) is 1.91. The van der Waals surface area contributed by atoms with Crippen LogP contribution in [0.5, 0.6) is 0 Å². The highest BCUT2D eigenvalue weighted by molar-refractivity contribution is 8.16. The molecule has 6 nitrogen and oxygen atoms in total. The van der Waals surface area contributed by atoms with Gasteiger partial charge in [-0.15, -0.1) is 0 Å². The van der Waals surface area contributed by atoms with Gasteiger partial charge in [-0.1, -0.05) is 47.1 Å². The van der Waals surface area contributed by atoms with E-state index in [1.807, 2.05) is 31.2 Å². The molecule has 28 heavy (non-hydrogen) atoms. The minimum absolute atomic E-state index is 0.0810. The van der Waals surface area contributed by atoms with Crippen LogP contribution >= 0.6 is 35.0 Å². The van der Waals surface area contributed by atoms with E-state index in [1.54, 1.807) is 29.2 Å². The van der Waals surface area contributed by atoms with E-state index in [0.29, 0.717) is 27.3 Å². The van der Waals surface area contributed by atoms with E-state index < -0.39 is 4.75 Å². The van der Waals surface area contributed by atoms with Crippen molar-refractivity contribution in [3.8, 4) is 5.69 Å². The maximum atomic E-state index is 12.6. The molecule has 1 amide bonds. The van der Waals surface area contributed by atoms with Gasteiger partial charge in [0.2, 0.25) is 5.91 Å². The highest BCUT2D eigenvalue weighted by Gasteiger charge is 2.42. The molecule has 2 aromatic carbocycles. The molecule has 0 bridgehead atoms. The second-order valence-corrected chi connectivity index (χ2v) is 8.80. The Morgan fingerprint density at radius 2 is 2.07 bits per heavy atom. The summed E-state index contributed by atoms with van der Waals surface area (Å²) in [6.07, 6.45) is 3.67. The van der Waals surface area contributed by atoms with Gasteiger partial charge in [-0.3, -0.25) is 4.79 Å². The molecule has 1 unspecified atom stereocenters. The van der Waals surface area contributed by atoms with Crippen LogP contribution in [0.1, 0.15) is 12.5 Å². The van der Waals surface area contributed by atoms with Gasteiger partial charge < -0.3 is 5.32 Å². The lowest BCUT2D eigenvalue weighted by atomic mass is 9.99. The van der Waals surface area contributed by atoms with Crippen LogP contribution in [0.25, 0.3) is 5.69 Å². The van der Waals surface area contributed by atoms with E-state index in [0.717, 1.165) is 11.3 Å². The minimum Gasteiger partial charge on any atom is -0.304 e. The average Bonchev–Trinajstić information content (AvgIpc) is 3.27. The summed E-state index contributed by atoms with van der Waals surface area (Å²) in [7, 11) is 0. The number of hydrogen-bond acceptors (Lipinski definition) is 5. The van der Waals surface area contributed by atoms with Crippen LogP contribution in [-0.2, 0) is 11.2 Å². The Morgan fingerprint density at radius 1 is 1.21 bits per heavy atom. The molecule has 1 atom stereocenters. The van der Waals surface area contributed by atoms with Crippen LogP contribution in [-0.4, -0.2) is 30.6 Å². The molecule has 0 spiro atoms. The lowest BCUT2D eigenvalue weighted by Crippen LogP contribution is -2.35. The van der Waals surface area contributed by atoms with Gasteiger partial charge >= 0.3 is 0 Å². The van der Waals surface area contributed by atoms with E-state index in [2.05, 4.69) is 20.4 Å². The van der Waals surface area contributed by atoms with Gasteiger partial charge in [0, 0.05) is 0 Å². The van der Waals surface area contributed by atoms with Gasteiger partial charge in [0.1, 0.15) is 17.4 Å². The Hall–Kier alpha value is -2.35. The summed E-state index contributed by atoms with van der Waals surface area (Å²) >= 11 is 13.4. The van der Waals surface area contributed by atoms with Crippen LogP contribution in [0.4, 0.5) is 5.69 Å². The molecular formula is C19H15Cl2N5OS. The van der Waals surface area contributed by atoms with Gasteiger partial charge in [0.15, 0.2) is 5.17 Å². The Morgan fingerprint density at radius 3 is 2.82 bits per heavy atom. The number of aliphatic imine (C=N–C) groups is 1. The highest BCUT2D eigenvalue weighted by atomic mass is 35.5. The molecule has 142 valence electrons. The number of benzene rings is 2. The summed E-state index contributed by atoms with van der Waals surface area (Å²) in [6, 6.07) is 13.0. The number of halogens is 2. The fourth-order valence-electron chi connectivity index (χ4n) is 2.89. The minimum atomic E-state index is -0.671. The first-order valence-corrected chi connectivity index (χ1v) is 9.98. The SMILES string of the molecule is CC1(Cc2cccc(-n3cncn3)c2)SC(=Nc2ccc(Cl)c(Cl)c2)NC1=O. The van der Waals surface area contributed by atoms with Crippen LogP contribution in [0.2, 0.25) is 10.0 Å². The number of hydrogen-bond donors (Lipinski definition) is 1. The average molecular weight is 432 g/mol. The van der Waals surface area contributed by atoms with Crippen LogP contribution in [0, 0.1) is 0 Å². The maximum absolute atomic E-state index is 12.6. The fraction of sp³-hybridized carbons (Fsp3) is 0.158. The van der Waals surface area contributed by atoms with Gasteiger partial charge in [0.05, 0.1) is 21.4 Å². The molecule has 1 aromatic heterocycles. The molecule has 1 saturated heterocycles. The smallest absolute Gasteiger partial charge is 0.242 e. The number of carbonyl (C=O) groups is 1. The van der Waals surface area contributed by atoms with Crippen molar-refractivity contribution in [1.29, 1.82) is 0 Å². The third-order valence-electron chi connectivity index (χ3n) is 4.29. The van der Waals surface area contributed by atoms with Crippen LogP contribution in [0.3, 0.4) is 0 Å². The van der Waals surface area contributed by atoms with Crippen molar-refractivity contribution in [1.82, 2.24) is 20.1 Å². The first-order valence-electron chi connectivity index (χ1n) is 8.41. The normalized spacial score (nSPS) is 20.5. The molecule has 1 aliphatic rings. The third kappa shape index (κ3) is 3.92. The second-order valence-electron chi connectivity index (χ2n) is 6.49. The quantitative estimate of drug-likeness (QED) is 0.662. The lowest BCUT2D eigenvalue weighted by molar-refractivity contribution is -0.121. The first kappa shape index (κ1) is 19.0. The predicted molar refractivity (Wildman–Crippen MR) is 113 cm³/mol. The van der Waals surface area contributed by atoms with Crippen molar-refractivity contribution in [3.05, 3.63) is 70.7 Å². The molecular weight excluding hydrogens is 417 g/mol. The van der Waals surface area contributed by atoms with E-state index in [1.165, 1.54) is 18.1 Å². The molecule has 0 aliphatic carbocycles. The number of carbonyl (C=O) groups excluding carboxylic acids is 1. The van der Waals surface area contributed by atoms with Gasteiger partial charge in [-0.25, -0.2) is 14.7 Å². The number of aromatic nitrogens is 3. The zero-order chi connectivity index (χ0) is 19.7. The predicted octanol–water partition coefficient (Wildman–Crippen LogP) is 4.43. The van der Waals surface area contributed by atoms with E-state index >= 15 is 0 Å². The van der Waals surface area contributed by atoms with Crippen molar-refractivity contribution in [2.24, 2.45) is 4.99 Å². The molecule has 1 fully saturated rings. The number of thioether (sulfide) groups is 1. The Labute approximate surface area is 176 Å². The zero-order valence-electron chi connectivity index (χ0n) is 14.8. The molecule has 2 heterocycles. The maximum Gasteiger partial charge on any atom is 0.242 e. The summed E-state index contributed by atoms with van der Waals surface area (Å²) in [5.41, 5.74) is 2.55. The molecule has 0 radical (unpaired) electrons. The van der Waals surface area contributed by atoms with Gasteiger partial charge in [-0.05, 0) is 49.2 Å². The van der Waals surface area contributed by atoms with Crippen molar-refractivity contribution >= 4 is 51.7 Å². The second kappa shape index (κ2) is 7.58. The zero-order valence-corrected chi connectivity index (χ0v) is 17.1. The molecule has 0 saturated carbocycles. The fourth-order valence-corrected chi connectivity index (χ4v) is 4.29. The van der Waals surface area contributed by atoms with E-state index in [4.69, 9.17) is 23.2 Å². The molecule has 4 rings (SSSR count). The van der Waals surface area contributed by atoms with Crippen LogP contribution in [0.15, 0.2) is 60.1 Å². The Bertz CT molecular complexity index is 1070. The van der Waals surface area contributed by atoms with Gasteiger partial charge in [0.25, 0.3) is 0 Å². The van der Waals surface area contributed by atoms with Crippen molar-refractivity contribution < 1.29 is 4.79 Å². The molecule has 3 aromatic rings. The summed E-state index contributed by atoms with van der Waals surface area (Å²) in [4.78, 5) is 21.1. The lowest BCUT2D eigenvalue weighted by Gasteiger charge is -2.19. The molecule has 1 aliphatic heterocycles. The monoisotopic (exact) mass is 431 g/mol. The molecule has 9 heteroatoms. The number of amides is 1. The van der Waals surface area contributed by atoms with Crippen molar-refractivity contribution in [2.45, 2.75) is 18.1 Å². The Kier molecular flexibility index (Phi) is 5.14. The number of nitrogens with one attached hydrogen (secondary N) is 1. The summed E-state index contributed by atoms with van der Waals surface area (Å²) in [5, 5.41) is 8.43. The first-order chi connectivity index (χ1) is 13.4. The van der Waals surface area contributed by atoms with Crippen LogP contribution < -0.4 is 5.32 Å². The summed E-state index contributed by atoms with van der Waals surface area (Å²) in [5.74, 6) is -0.0810. The number of nitrogens with zero attached hydrogens (tertiary/aromatic N) is 4. The van der Waals surface area contributed by atoms with E-state index in [-0.39, 0.29) is 5.91 Å². The number of amidine groups is 1. The standard InChI is InChI=1S/C19H15Cl2N5OS/c1-19(9-12-3-2-4-14(7-12)26-11-22-10-23-26)17(27)25-18(28-19)24-13-5-6-15(20)16(21)8-13/h2-8,10-11H,9H2,1H3,(H,24,25,27). The Balaban J connectivity index is 1.55. The molecule has 1 N–H and O–H groups in total. The van der Waals surface area contributed by atoms with Gasteiger partial charge in [-0.2, -0.15) is 5.10 Å². The van der Waals surface area contributed by atoms with Crippen molar-refractivity contribution in [3.63, 3.8) is 0 Å². The van der Waals surface area contributed by atoms with Crippen molar-refractivity contribution in [2.75, 3.05) is 0 Å². The number of rotatable bonds is 4. The topological polar surface area (TPSA) is 72.2 Å². The third-order valence-corrected chi connectivity index (χ3v) is 6.20. The summed E-state index contributed by atoms with van der Waals surface area (Å²) < 4.78 is 1.01. The van der Waals surface area contributed by atoms with E-state index in [9.17, 15) is 4.79 Å². The highest BCUT2D eigenvalue weighted by Crippen LogP contribution is 2.37.